The van der Waals surface area contributed by atoms with Gasteiger partial charge in [-0.2, -0.15) is 0 Å². The Kier molecular flexibility index (Phi) is 18.1. The molecule has 0 aliphatic carbocycles. The number of nitrogen functional groups attached to an aromatic ring is 1. The molecule has 0 radical (unpaired) electrons. The van der Waals surface area contributed by atoms with Crippen molar-refractivity contribution in [1.29, 1.82) is 0 Å². The van der Waals surface area contributed by atoms with Crippen LogP contribution in [0, 0.1) is 6.92 Å². The van der Waals surface area contributed by atoms with Gasteiger partial charge in [-0.3, -0.25) is 18.7 Å². The summed E-state index contributed by atoms with van der Waals surface area (Å²) in [5.41, 5.74) is 12.7. The standard InChI is InChI=1S/C27H37N7O5.C26H35N7O5/c1-5-33(20(35)11-13-30-26(38)32-17-8-6-16(7-9-17)27(2,3)4)14-19-22(36)23(37)25(39-19)34-15-31-21-18(28)10-12-29-24(21)34;1-15-20-23(29-13-28-15)33(14-30-20)24-22(36)21(35)18(38-24)12-32(5)19(34)10-11-27-25(37)31-17-8-6-16(7-9-17)26(2,3)4/h6-10,12,15,19,22-23,25,36-37H,5,11,13-14H2,1-4H3,(H2,28,29)(H2,30,32,38);6-9,13-14,18,21-22,24,35-36H,10-12H2,1-5H3,(H2,27,31,37)/t19-,22-,23-,25-;18-,21-,22-,24-/m11/s1. The number of likely N-dealkylation sites (N-methyl/N-ethyl adjacent to an activating group) is 2. The molecule has 2 aliphatic rings. The molecule has 0 saturated carbocycles. The number of urea groups is 2. The number of ether oxygens (including phenoxy) is 2. The lowest BCUT2D eigenvalue weighted by Gasteiger charge is -2.26. The second-order valence-electron chi connectivity index (χ2n) is 21.2. The van der Waals surface area contributed by atoms with Crippen molar-refractivity contribution in [2.24, 2.45) is 0 Å². The number of fused-ring (bicyclic) bond motifs is 2. The van der Waals surface area contributed by atoms with Gasteiger partial charge in [-0.25, -0.2) is 34.5 Å². The predicted octanol–water partition coefficient (Wildman–Crippen LogP) is 3.71. The fourth-order valence-corrected chi connectivity index (χ4v) is 8.88. The van der Waals surface area contributed by atoms with Gasteiger partial charge < -0.3 is 66.7 Å². The molecular weight excluding hydrogens is 993 g/mol. The van der Waals surface area contributed by atoms with E-state index in [0.717, 1.165) is 11.1 Å². The van der Waals surface area contributed by atoms with Crippen LogP contribution in [0.1, 0.15) is 90.6 Å². The molecule has 8 atom stereocenters. The Morgan fingerprint density at radius 2 is 1.10 bits per heavy atom. The number of imidazole rings is 2. The van der Waals surface area contributed by atoms with E-state index in [1.54, 1.807) is 24.6 Å². The highest BCUT2D eigenvalue weighted by Crippen LogP contribution is 2.34. The summed E-state index contributed by atoms with van der Waals surface area (Å²) >= 11 is 0. The smallest absolute Gasteiger partial charge is 0.319 e. The van der Waals surface area contributed by atoms with Crippen molar-refractivity contribution in [2.75, 3.05) is 56.1 Å². The maximum Gasteiger partial charge on any atom is 0.319 e. The molecule has 2 aromatic carbocycles. The fourth-order valence-electron chi connectivity index (χ4n) is 8.88. The molecule has 24 heteroatoms. The number of carbonyl (C=O) groups excluding carboxylic acids is 4. The van der Waals surface area contributed by atoms with Crippen LogP contribution in [0.15, 0.2) is 79.8 Å². The van der Waals surface area contributed by atoms with Crippen molar-refractivity contribution in [3.8, 4) is 0 Å². The van der Waals surface area contributed by atoms with Crippen molar-refractivity contribution in [3.05, 3.63) is 96.6 Å². The molecule has 24 nitrogen and oxygen atoms in total. The van der Waals surface area contributed by atoms with Crippen LogP contribution in [0.5, 0.6) is 0 Å². The van der Waals surface area contributed by atoms with Crippen LogP contribution in [-0.4, -0.2) is 165 Å². The highest BCUT2D eigenvalue weighted by molar-refractivity contribution is 5.90. The average molecular weight is 1070 g/mol. The van der Waals surface area contributed by atoms with Gasteiger partial charge in [0.15, 0.2) is 23.8 Å². The minimum absolute atomic E-state index is 0.0184. The van der Waals surface area contributed by atoms with Gasteiger partial charge >= 0.3 is 12.1 Å². The van der Waals surface area contributed by atoms with Crippen LogP contribution in [0.4, 0.5) is 26.7 Å². The zero-order valence-electron chi connectivity index (χ0n) is 44.9. The number of aliphatic hydroxyl groups excluding tert-OH is 4. The maximum absolute atomic E-state index is 12.9. The normalized spacial score (nSPS) is 21.3. The Hall–Kier alpha value is -7.35. The molecule has 6 aromatic rings. The summed E-state index contributed by atoms with van der Waals surface area (Å²) in [5, 5.41) is 53.5. The molecule has 6 heterocycles. The van der Waals surface area contributed by atoms with E-state index in [2.05, 4.69) is 87.7 Å². The third-order valence-corrected chi connectivity index (χ3v) is 13.5. The van der Waals surface area contributed by atoms with Gasteiger partial charge in [-0.1, -0.05) is 65.8 Å². The Morgan fingerprint density at radius 3 is 1.60 bits per heavy atom. The van der Waals surface area contributed by atoms with Crippen molar-refractivity contribution in [2.45, 2.75) is 128 Å². The molecule has 0 spiro atoms. The van der Waals surface area contributed by atoms with E-state index in [4.69, 9.17) is 15.2 Å². The Morgan fingerprint density at radius 1 is 0.636 bits per heavy atom. The predicted molar refractivity (Wildman–Crippen MR) is 287 cm³/mol. The first-order valence-electron chi connectivity index (χ1n) is 25.5. The molecule has 4 aromatic heterocycles. The topological polar surface area (TPSA) is 323 Å². The number of hydrogen-bond acceptors (Lipinski definition) is 16. The third kappa shape index (κ3) is 13.8. The number of aromatic nitrogens is 7. The summed E-state index contributed by atoms with van der Waals surface area (Å²) in [4.78, 5) is 74.1. The van der Waals surface area contributed by atoms with E-state index < -0.39 is 61.1 Å². The van der Waals surface area contributed by atoms with Gasteiger partial charge in [-0.05, 0) is 66.1 Å². The van der Waals surface area contributed by atoms with E-state index in [-0.39, 0.29) is 61.7 Å². The number of rotatable bonds is 15. The van der Waals surface area contributed by atoms with E-state index in [0.29, 0.717) is 51.6 Å². The summed E-state index contributed by atoms with van der Waals surface area (Å²) in [5.74, 6) is -0.464. The van der Waals surface area contributed by atoms with E-state index in [9.17, 15) is 39.6 Å². The maximum atomic E-state index is 12.9. The van der Waals surface area contributed by atoms with Gasteiger partial charge in [-0.15, -0.1) is 0 Å². The molecule has 414 valence electrons. The van der Waals surface area contributed by atoms with Crippen molar-refractivity contribution in [3.63, 3.8) is 0 Å². The number of pyridine rings is 1. The number of aliphatic hydroxyl groups is 4. The highest BCUT2D eigenvalue weighted by Gasteiger charge is 2.46. The second kappa shape index (κ2) is 24.3. The largest absolute Gasteiger partial charge is 0.397 e. The van der Waals surface area contributed by atoms with Crippen molar-refractivity contribution < 1.29 is 49.1 Å². The van der Waals surface area contributed by atoms with Crippen molar-refractivity contribution in [1.82, 2.24) is 54.5 Å². The van der Waals surface area contributed by atoms with Gasteiger partial charge in [0, 0.05) is 70.2 Å². The Labute approximate surface area is 446 Å². The number of anilines is 3. The lowest BCUT2D eigenvalue weighted by Crippen LogP contribution is -2.43. The second-order valence-corrected chi connectivity index (χ2v) is 21.2. The van der Waals surface area contributed by atoms with Gasteiger partial charge in [0.25, 0.3) is 0 Å². The van der Waals surface area contributed by atoms with Crippen LogP contribution in [0.3, 0.4) is 0 Å². The number of nitrogens with two attached hydrogens (primary N) is 1. The van der Waals surface area contributed by atoms with Crippen LogP contribution in [0.25, 0.3) is 22.3 Å². The molecule has 6 amide bonds. The summed E-state index contributed by atoms with van der Waals surface area (Å²) in [7, 11) is 1.58. The van der Waals surface area contributed by atoms with Crippen LogP contribution in [0.2, 0.25) is 0 Å². The minimum Gasteiger partial charge on any atom is -0.397 e. The first-order chi connectivity index (χ1) is 36.4. The third-order valence-electron chi connectivity index (χ3n) is 13.5. The summed E-state index contributed by atoms with van der Waals surface area (Å²) in [6.07, 6.45) is -2.47. The quantitative estimate of drug-likeness (QED) is 0.0708. The molecule has 2 aliphatic heterocycles. The number of benzene rings is 2. The van der Waals surface area contributed by atoms with Gasteiger partial charge in [0.1, 0.15) is 54.0 Å². The summed E-state index contributed by atoms with van der Waals surface area (Å²) in [6.45, 7) is 17.1. The molecule has 77 heavy (non-hydrogen) atoms. The van der Waals surface area contributed by atoms with Gasteiger partial charge in [0.2, 0.25) is 11.8 Å². The van der Waals surface area contributed by atoms with Crippen LogP contribution in [-0.2, 0) is 29.9 Å². The molecule has 2 fully saturated rings. The van der Waals surface area contributed by atoms with Crippen LogP contribution < -0.4 is 27.0 Å². The average Bonchev–Trinajstić information content (AvgIpc) is 4.18. The minimum atomic E-state index is -1.26. The monoisotopic (exact) mass is 1060 g/mol. The molecule has 0 bridgehead atoms. The zero-order chi connectivity index (χ0) is 55.9. The van der Waals surface area contributed by atoms with E-state index in [1.165, 1.54) is 39.5 Å². The van der Waals surface area contributed by atoms with Crippen LogP contribution >= 0.6 is 0 Å². The van der Waals surface area contributed by atoms with Crippen molar-refractivity contribution >= 4 is 63.3 Å². The number of hydrogen-bond donors (Lipinski definition) is 9. The number of aryl methyl sites for hydroxylation is 1. The van der Waals surface area contributed by atoms with E-state index in [1.807, 2.05) is 55.5 Å². The summed E-state index contributed by atoms with van der Waals surface area (Å²) in [6, 6.07) is 16.1. The molecule has 8 rings (SSSR count). The SMILES string of the molecule is CCN(C[C@H]1O[C@@H](n2cnc3c(N)ccnc32)[C@H](O)[C@@H]1O)C(=O)CCNC(=O)Nc1ccc(C(C)(C)C)cc1.Cc1ncnc2c1ncn2[C@@H]1O[C@H](CN(C)C(=O)CCNC(=O)Nc2ccc(C(C)(C)C)cc2)[C@@H](O)[C@H]1O. The fraction of sp³-hybridized carbons (Fsp3) is 0.491. The Balaban J connectivity index is 0.000000224. The van der Waals surface area contributed by atoms with Gasteiger partial charge in [0.05, 0.1) is 24.0 Å². The lowest BCUT2D eigenvalue weighted by atomic mass is 9.87. The summed E-state index contributed by atoms with van der Waals surface area (Å²) < 4.78 is 15.0. The molecule has 10 N–H and O–H groups in total. The molecular formula is C53H72N14O10. The number of nitrogens with one attached hydrogen (secondary N) is 4. The highest BCUT2D eigenvalue weighted by atomic mass is 16.6. The molecule has 0 unspecified atom stereocenters. The zero-order valence-corrected chi connectivity index (χ0v) is 44.9. The van der Waals surface area contributed by atoms with E-state index >= 15 is 0 Å². The number of carbonyl (C=O) groups is 4. The number of nitrogens with zero attached hydrogens (tertiary/aromatic N) is 9. The first-order valence-corrected chi connectivity index (χ1v) is 25.5. The first kappa shape index (κ1) is 57.4. The Bertz CT molecular complexity index is 2990. The molecule has 2 saturated heterocycles. The number of amides is 6. The lowest BCUT2D eigenvalue weighted by molar-refractivity contribution is -0.134.